The van der Waals surface area contributed by atoms with Crippen molar-refractivity contribution in [2.75, 3.05) is 19.8 Å². The van der Waals surface area contributed by atoms with E-state index in [-0.39, 0.29) is 5.60 Å². The summed E-state index contributed by atoms with van der Waals surface area (Å²) in [5, 5.41) is 11.2. The monoisotopic (exact) mass is 268 g/mol. The van der Waals surface area contributed by atoms with Crippen LogP contribution in [-0.2, 0) is 9.47 Å². The van der Waals surface area contributed by atoms with Gasteiger partial charge in [-0.05, 0) is 50.4 Å². The number of ether oxygens (including phenoxy) is 2. The molecule has 3 nitrogen and oxygen atoms in total. The van der Waals surface area contributed by atoms with Gasteiger partial charge in [-0.15, -0.1) is 0 Å². The fraction of sp³-hybridized carbons (Fsp3) is 1.00. The van der Waals surface area contributed by atoms with E-state index in [4.69, 9.17) is 9.47 Å². The molecule has 0 aromatic rings. The highest BCUT2D eigenvalue weighted by Gasteiger charge is 2.49. The van der Waals surface area contributed by atoms with E-state index in [1.54, 1.807) is 0 Å². The molecule has 0 aromatic heterocycles. The third-order valence-electron chi connectivity index (χ3n) is 5.92. The summed E-state index contributed by atoms with van der Waals surface area (Å²) >= 11 is 0. The molecule has 1 saturated carbocycles. The van der Waals surface area contributed by atoms with Crippen molar-refractivity contribution in [3.8, 4) is 0 Å². The third kappa shape index (κ3) is 2.57. The zero-order valence-electron chi connectivity index (χ0n) is 12.2. The van der Waals surface area contributed by atoms with Crippen molar-refractivity contribution in [3.63, 3.8) is 0 Å². The Bertz CT molecular complexity index is 306. The van der Waals surface area contributed by atoms with Crippen LogP contribution < -0.4 is 0 Å². The van der Waals surface area contributed by atoms with E-state index < -0.39 is 5.60 Å². The second-order valence-electron chi connectivity index (χ2n) is 6.97. The van der Waals surface area contributed by atoms with Crippen LogP contribution in [0.15, 0.2) is 0 Å². The van der Waals surface area contributed by atoms with Crippen LogP contribution in [0.1, 0.15) is 58.3 Å². The number of aliphatic hydroxyl groups is 1. The van der Waals surface area contributed by atoms with Crippen LogP contribution in [0.2, 0.25) is 0 Å². The maximum atomic E-state index is 11.2. The quantitative estimate of drug-likeness (QED) is 0.794. The molecule has 1 N–H and O–H groups in total. The molecule has 1 spiro atoms. The van der Waals surface area contributed by atoms with Crippen LogP contribution >= 0.6 is 0 Å². The maximum absolute atomic E-state index is 11.2. The van der Waals surface area contributed by atoms with Gasteiger partial charge in [0.05, 0.1) is 11.2 Å². The predicted molar refractivity (Wildman–Crippen MR) is 74.0 cm³/mol. The smallest absolute Gasteiger partial charge is 0.0730 e. The predicted octanol–water partition coefficient (Wildman–Crippen LogP) is 2.90. The summed E-state index contributed by atoms with van der Waals surface area (Å²) in [5.41, 5.74) is -0.429. The molecule has 2 aliphatic heterocycles. The van der Waals surface area contributed by atoms with Crippen LogP contribution in [0, 0.1) is 11.8 Å². The molecule has 0 aromatic carbocycles. The van der Waals surface area contributed by atoms with Gasteiger partial charge in [0.2, 0.25) is 0 Å². The highest BCUT2D eigenvalue weighted by Crippen LogP contribution is 2.47. The van der Waals surface area contributed by atoms with Crippen LogP contribution in [0.25, 0.3) is 0 Å². The molecular formula is C16H28O3. The summed E-state index contributed by atoms with van der Waals surface area (Å²) in [4.78, 5) is 0. The van der Waals surface area contributed by atoms with Gasteiger partial charge in [-0.1, -0.05) is 19.8 Å². The molecule has 0 bridgehead atoms. The minimum absolute atomic E-state index is 0.00800. The molecule has 3 fully saturated rings. The van der Waals surface area contributed by atoms with E-state index in [1.165, 1.54) is 19.3 Å². The minimum atomic E-state index is -0.437. The van der Waals surface area contributed by atoms with Gasteiger partial charge in [-0.2, -0.15) is 0 Å². The Morgan fingerprint density at radius 1 is 1.00 bits per heavy atom. The summed E-state index contributed by atoms with van der Waals surface area (Å²) in [6, 6.07) is 0. The van der Waals surface area contributed by atoms with Crippen LogP contribution in [0.4, 0.5) is 0 Å². The van der Waals surface area contributed by atoms with Crippen molar-refractivity contribution in [2.24, 2.45) is 11.8 Å². The Morgan fingerprint density at radius 2 is 1.79 bits per heavy atom. The van der Waals surface area contributed by atoms with Gasteiger partial charge in [-0.3, -0.25) is 0 Å². The molecule has 0 radical (unpaired) electrons. The first-order valence-corrected chi connectivity index (χ1v) is 8.09. The standard InChI is InChI=1S/C16H28O3/c1-13-4-2-3-6-16(13,17)14-5-9-19-15(12-14)7-10-18-11-8-15/h13-14,17H,2-12H2,1H3. The van der Waals surface area contributed by atoms with E-state index in [0.29, 0.717) is 11.8 Å². The summed E-state index contributed by atoms with van der Waals surface area (Å²) in [5.74, 6) is 0.871. The van der Waals surface area contributed by atoms with Crippen molar-refractivity contribution in [1.82, 2.24) is 0 Å². The van der Waals surface area contributed by atoms with Gasteiger partial charge in [0.25, 0.3) is 0 Å². The molecule has 19 heavy (non-hydrogen) atoms. The zero-order valence-corrected chi connectivity index (χ0v) is 12.2. The van der Waals surface area contributed by atoms with E-state index >= 15 is 0 Å². The SMILES string of the molecule is CC1CCCCC1(O)C1CCOC2(CCOCC2)C1. The lowest BCUT2D eigenvalue weighted by molar-refractivity contribution is -0.190. The lowest BCUT2D eigenvalue weighted by Crippen LogP contribution is -2.54. The topological polar surface area (TPSA) is 38.7 Å². The van der Waals surface area contributed by atoms with E-state index in [9.17, 15) is 5.11 Å². The van der Waals surface area contributed by atoms with E-state index in [2.05, 4.69) is 6.92 Å². The Morgan fingerprint density at radius 3 is 2.53 bits per heavy atom. The molecule has 110 valence electrons. The molecule has 3 heteroatoms. The Labute approximate surface area is 116 Å². The molecule has 0 amide bonds. The second-order valence-corrected chi connectivity index (χ2v) is 6.97. The van der Waals surface area contributed by atoms with Gasteiger partial charge >= 0.3 is 0 Å². The average Bonchev–Trinajstić information content (AvgIpc) is 2.43. The highest BCUT2D eigenvalue weighted by atomic mass is 16.5. The first-order chi connectivity index (χ1) is 9.15. The second kappa shape index (κ2) is 5.34. The summed E-state index contributed by atoms with van der Waals surface area (Å²) in [7, 11) is 0. The zero-order chi connectivity index (χ0) is 13.3. The summed E-state index contributed by atoms with van der Waals surface area (Å²) < 4.78 is 11.6. The summed E-state index contributed by atoms with van der Waals surface area (Å²) in [6.07, 6.45) is 8.73. The molecule has 3 rings (SSSR count). The van der Waals surface area contributed by atoms with Crippen LogP contribution in [0.5, 0.6) is 0 Å². The normalized spacial score (nSPS) is 43.3. The number of hydrogen-bond acceptors (Lipinski definition) is 3. The van der Waals surface area contributed by atoms with Crippen LogP contribution in [-0.4, -0.2) is 36.1 Å². The fourth-order valence-corrected chi connectivity index (χ4v) is 4.51. The van der Waals surface area contributed by atoms with Gasteiger partial charge < -0.3 is 14.6 Å². The molecule has 3 unspecified atom stereocenters. The molecule has 3 atom stereocenters. The Balaban J connectivity index is 1.73. The Kier molecular flexibility index (Phi) is 3.89. The minimum Gasteiger partial charge on any atom is -0.389 e. The fourth-order valence-electron chi connectivity index (χ4n) is 4.51. The van der Waals surface area contributed by atoms with Gasteiger partial charge in [0, 0.05) is 19.8 Å². The number of rotatable bonds is 1. The van der Waals surface area contributed by atoms with Crippen molar-refractivity contribution in [3.05, 3.63) is 0 Å². The van der Waals surface area contributed by atoms with E-state index in [0.717, 1.165) is 51.9 Å². The van der Waals surface area contributed by atoms with Gasteiger partial charge in [0.15, 0.2) is 0 Å². The first kappa shape index (κ1) is 13.8. The van der Waals surface area contributed by atoms with Crippen molar-refractivity contribution >= 4 is 0 Å². The lowest BCUT2D eigenvalue weighted by atomic mass is 9.64. The number of hydrogen-bond donors (Lipinski definition) is 1. The molecule has 1 aliphatic carbocycles. The highest BCUT2D eigenvalue weighted by molar-refractivity contribution is 4.99. The average molecular weight is 268 g/mol. The molecular weight excluding hydrogens is 240 g/mol. The van der Waals surface area contributed by atoms with Crippen molar-refractivity contribution < 1.29 is 14.6 Å². The van der Waals surface area contributed by atoms with E-state index in [1.807, 2.05) is 0 Å². The largest absolute Gasteiger partial charge is 0.389 e. The molecule has 2 saturated heterocycles. The van der Waals surface area contributed by atoms with Gasteiger partial charge in [-0.25, -0.2) is 0 Å². The maximum Gasteiger partial charge on any atom is 0.0730 e. The summed E-state index contributed by atoms with van der Waals surface area (Å²) in [6.45, 7) is 4.70. The van der Waals surface area contributed by atoms with Gasteiger partial charge in [0.1, 0.15) is 0 Å². The molecule has 2 heterocycles. The lowest BCUT2D eigenvalue weighted by Gasteiger charge is -2.51. The Hall–Kier alpha value is -0.120. The van der Waals surface area contributed by atoms with Crippen molar-refractivity contribution in [1.29, 1.82) is 0 Å². The third-order valence-corrected chi connectivity index (χ3v) is 5.92. The molecule has 3 aliphatic rings. The van der Waals surface area contributed by atoms with Crippen molar-refractivity contribution in [2.45, 2.75) is 69.5 Å². The first-order valence-electron chi connectivity index (χ1n) is 8.09. The van der Waals surface area contributed by atoms with Crippen LogP contribution in [0.3, 0.4) is 0 Å².